The number of benzene rings is 1. The summed E-state index contributed by atoms with van der Waals surface area (Å²) in [6.45, 7) is 3.95. The van der Waals surface area contributed by atoms with Gasteiger partial charge in [0.2, 0.25) is 21.8 Å². The topological polar surface area (TPSA) is 87.2 Å². The molecule has 9 heteroatoms. The van der Waals surface area contributed by atoms with E-state index in [0.717, 1.165) is 12.8 Å². The van der Waals surface area contributed by atoms with E-state index in [1.54, 1.807) is 21.9 Å². The molecule has 1 atom stereocenters. The van der Waals surface area contributed by atoms with Gasteiger partial charge < -0.3 is 14.5 Å². The molecule has 0 unspecified atom stereocenters. The molecule has 1 aromatic carbocycles. The lowest BCUT2D eigenvalue weighted by Gasteiger charge is -2.38. The second-order valence-corrected chi connectivity index (χ2v) is 9.15. The Hall–Kier alpha value is -2.13. The number of hydrogen-bond acceptors (Lipinski definition) is 5. The van der Waals surface area contributed by atoms with Gasteiger partial charge >= 0.3 is 0 Å². The summed E-state index contributed by atoms with van der Waals surface area (Å²) in [5.74, 6) is 0.421. The van der Waals surface area contributed by atoms with Crippen LogP contribution in [-0.4, -0.2) is 80.7 Å². The van der Waals surface area contributed by atoms with Crippen LogP contribution in [0.4, 0.5) is 0 Å². The van der Waals surface area contributed by atoms with Gasteiger partial charge in [-0.05, 0) is 37.1 Å². The van der Waals surface area contributed by atoms with Crippen LogP contribution in [0.5, 0.6) is 5.75 Å². The molecule has 1 aromatic rings. The highest BCUT2D eigenvalue weighted by molar-refractivity contribution is 7.89. The SMILES string of the molecule is COc1ccc(S(=O)(=O)N2CCN(C(=O)[C@H]3CCCN(C(C)=O)C3)CC2)cc1. The number of rotatable bonds is 4. The van der Waals surface area contributed by atoms with Gasteiger partial charge in [0.15, 0.2) is 0 Å². The van der Waals surface area contributed by atoms with E-state index >= 15 is 0 Å². The fourth-order valence-corrected chi connectivity index (χ4v) is 5.19. The maximum absolute atomic E-state index is 12.8. The maximum Gasteiger partial charge on any atom is 0.243 e. The predicted octanol–water partition coefficient (Wildman–Crippen LogP) is 0.787. The molecule has 2 aliphatic heterocycles. The van der Waals surface area contributed by atoms with Gasteiger partial charge in [0.05, 0.1) is 17.9 Å². The Morgan fingerprint density at radius 3 is 2.21 bits per heavy atom. The van der Waals surface area contributed by atoms with E-state index in [9.17, 15) is 18.0 Å². The number of piperazine rings is 1. The molecule has 8 nitrogen and oxygen atoms in total. The third-order valence-electron chi connectivity index (χ3n) is 5.46. The van der Waals surface area contributed by atoms with E-state index in [1.165, 1.54) is 30.5 Å². The van der Waals surface area contributed by atoms with Gasteiger partial charge in [-0.3, -0.25) is 9.59 Å². The van der Waals surface area contributed by atoms with Crippen molar-refractivity contribution >= 4 is 21.8 Å². The van der Waals surface area contributed by atoms with Crippen molar-refractivity contribution in [1.82, 2.24) is 14.1 Å². The molecule has 0 spiro atoms. The predicted molar refractivity (Wildman–Crippen MR) is 103 cm³/mol. The smallest absolute Gasteiger partial charge is 0.243 e. The van der Waals surface area contributed by atoms with E-state index in [1.807, 2.05) is 0 Å². The third kappa shape index (κ3) is 4.30. The van der Waals surface area contributed by atoms with Crippen LogP contribution in [-0.2, 0) is 19.6 Å². The minimum atomic E-state index is -3.59. The molecular weight excluding hydrogens is 382 g/mol. The summed E-state index contributed by atoms with van der Waals surface area (Å²) in [7, 11) is -2.06. The zero-order chi connectivity index (χ0) is 20.3. The summed E-state index contributed by atoms with van der Waals surface area (Å²) in [4.78, 5) is 28.1. The number of sulfonamides is 1. The Morgan fingerprint density at radius 2 is 1.64 bits per heavy atom. The summed E-state index contributed by atoms with van der Waals surface area (Å²) in [6, 6.07) is 6.31. The minimum Gasteiger partial charge on any atom is -0.497 e. The summed E-state index contributed by atoms with van der Waals surface area (Å²) in [5.41, 5.74) is 0. The Labute approximate surface area is 166 Å². The van der Waals surface area contributed by atoms with Gasteiger partial charge in [0.1, 0.15) is 5.75 Å². The lowest BCUT2D eigenvalue weighted by molar-refractivity contribution is -0.141. The largest absolute Gasteiger partial charge is 0.497 e. The standard InChI is InChI=1S/C19H27N3O5S/c1-15(23)21-9-3-4-16(14-21)19(24)20-10-12-22(13-11-20)28(25,26)18-7-5-17(27-2)6-8-18/h5-8,16H,3-4,9-14H2,1-2H3/t16-/m0/s1. The van der Waals surface area contributed by atoms with Crippen molar-refractivity contribution in [3.63, 3.8) is 0 Å². The highest BCUT2D eigenvalue weighted by Crippen LogP contribution is 2.23. The maximum atomic E-state index is 12.8. The molecule has 0 aliphatic carbocycles. The van der Waals surface area contributed by atoms with Gasteiger partial charge in [-0.2, -0.15) is 4.31 Å². The van der Waals surface area contributed by atoms with Crippen LogP contribution < -0.4 is 4.74 Å². The molecule has 2 saturated heterocycles. The van der Waals surface area contributed by atoms with Gasteiger partial charge in [-0.1, -0.05) is 0 Å². The van der Waals surface area contributed by atoms with E-state index in [4.69, 9.17) is 4.74 Å². The Kier molecular flexibility index (Phi) is 6.24. The van der Waals surface area contributed by atoms with Gasteiger partial charge in [0.25, 0.3) is 0 Å². The zero-order valence-corrected chi connectivity index (χ0v) is 17.2. The summed E-state index contributed by atoms with van der Waals surface area (Å²) < 4.78 is 32.1. The van der Waals surface area contributed by atoms with Crippen molar-refractivity contribution < 1.29 is 22.7 Å². The normalized spacial score (nSPS) is 21.4. The average Bonchev–Trinajstić information content (AvgIpc) is 2.73. The van der Waals surface area contributed by atoms with Crippen LogP contribution in [0.15, 0.2) is 29.2 Å². The monoisotopic (exact) mass is 409 g/mol. The fourth-order valence-electron chi connectivity index (χ4n) is 3.77. The summed E-state index contributed by atoms with van der Waals surface area (Å²) in [6.07, 6.45) is 1.59. The molecule has 2 amide bonds. The van der Waals surface area contributed by atoms with Gasteiger partial charge in [0, 0.05) is 46.2 Å². The molecule has 0 N–H and O–H groups in total. The first-order valence-electron chi connectivity index (χ1n) is 9.51. The quantitative estimate of drug-likeness (QED) is 0.734. The van der Waals surface area contributed by atoms with Crippen molar-refractivity contribution in [2.24, 2.45) is 5.92 Å². The van der Waals surface area contributed by atoms with E-state index in [0.29, 0.717) is 31.9 Å². The van der Waals surface area contributed by atoms with Crippen LogP contribution in [0.2, 0.25) is 0 Å². The van der Waals surface area contributed by atoms with Crippen molar-refractivity contribution in [3.05, 3.63) is 24.3 Å². The van der Waals surface area contributed by atoms with Crippen LogP contribution in [0.1, 0.15) is 19.8 Å². The molecule has 0 radical (unpaired) electrons. The molecule has 0 saturated carbocycles. The van der Waals surface area contributed by atoms with E-state index in [2.05, 4.69) is 0 Å². The van der Waals surface area contributed by atoms with E-state index < -0.39 is 10.0 Å². The highest BCUT2D eigenvalue weighted by atomic mass is 32.2. The first-order valence-corrected chi connectivity index (χ1v) is 11.0. The number of methoxy groups -OCH3 is 1. The van der Waals surface area contributed by atoms with Gasteiger partial charge in [-0.15, -0.1) is 0 Å². The van der Waals surface area contributed by atoms with Crippen molar-refractivity contribution in [2.45, 2.75) is 24.7 Å². The number of amides is 2. The minimum absolute atomic E-state index is 0.00657. The highest BCUT2D eigenvalue weighted by Gasteiger charge is 2.34. The van der Waals surface area contributed by atoms with Gasteiger partial charge in [-0.25, -0.2) is 8.42 Å². The average molecular weight is 410 g/mol. The molecule has 0 bridgehead atoms. The number of carbonyl (C=O) groups is 2. The fraction of sp³-hybridized carbons (Fsp3) is 0.579. The number of ether oxygens (including phenoxy) is 1. The molecular formula is C19H27N3O5S. The number of piperidine rings is 1. The molecule has 3 rings (SSSR count). The lowest BCUT2D eigenvalue weighted by Crippen LogP contribution is -2.53. The Balaban J connectivity index is 1.60. The van der Waals surface area contributed by atoms with Crippen molar-refractivity contribution in [3.8, 4) is 5.75 Å². The molecule has 0 aromatic heterocycles. The zero-order valence-electron chi connectivity index (χ0n) is 16.3. The van der Waals surface area contributed by atoms with Crippen LogP contribution in [0.3, 0.4) is 0 Å². The number of nitrogens with zero attached hydrogens (tertiary/aromatic N) is 3. The number of likely N-dealkylation sites (tertiary alicyclic amines) is 1. The number of carbonyl (C=O) groups excluding carboxylic acids is 2. The Bertz CT molecular complexity index is 816. The lowest BCUT2D eigenvalue weighted by atomic mass is 9.96. The van der Waals surface area contributed by atoms with Crippen molar-refractivity contribution in [1.29, 1.82) is 0 Å². The van der Waals surface area contributed by atoms with Crippen molar-refractivity contribution in [2.75, 3.05) is 46.4 Å². The van der Waals surface area contributed by atoms with Crippen LogP contribution in [0, 0.1) is 5.92 Å². The summed E-state index contributed by atoms with van der Waals surface area (Å²) in [5, 5.41) is 0. The van der Waals surface area contributed by atoms with Crippen LogP contribution >= 0.6 is 0 Å². The van der Waals surface area contributed by atoms with Crippen LogP contribution in [0.25, 0.3) is 0 Å². The molecule has 2 aliphatic rings. The molecule has 2 fully saturated rings. The second-order valence-electron chi connectivity index (χ2n) is 7.21. The Morgan fingerprint density at radius 1 is 1.00 bits per heavy atom. The first kappa shape index (κ1) is 20.6. The first-order chi connectivity index (χ1) is 13.3. The van der Waals surface area contributed by atoms with E-state index in [-0.39, 0.29) is 35.7 Å². The number of hydrogen-bond donors (Lipinski definition) is 0. The molecule has 28 heavy (non-hydrogen) atoms. The molecule has 2 heterocycles. The second kappa shape index (κ2) is 8.48. The molecule has 154 valence electrons. The third-order valence-corrected chi connectivity index (χ3v) is 7.38. The summed E-state index contributed by atoms with van der Waals surface area (Å²) >= 11 is 0.